The molecule has 0 unspecified atom stereocenters. The molecule has 4 aromatic rings. The standard InChI is InChI=1S/C30H47N.C22H25ClN6O2.F6P/c1-27(2,3)23-13-21(14-24(17-23)28(4,5)6)19-31-20-22-15-25(29(7,8)9)18-26(16-22)30(10,11)12;23-18-12-21-16-26-6-10-30-8-4-24-14-19-2-1-3-20(28-19)15-25-5-9-31-11-7-27-17-22(13-18)29-21;1-7(2,3,4,5)6/h13-18,31H,19-20H2,1-12H3;1-3,12-17H,4-11H2;/q;;-1/p+1. The first-order valence-corrected chi connectivity index (χ1v) is 25.5. The average Bonchev–Trinajstić information content (AvgIpc) is 3.20. The summed E-state index contributed by atoms with van der Waals surface area (Å²) in [5, 5.41) is 3.05. The second-order valence-electron chi connectivity index (χ2n) is 21.0. The number of pyridine rings is 2. The van der Waals surface area contributed by atoms with Crippen LogP contribution in [-0.2, 0) is 44.2 Å². The monoisotopic (exact) mass is 1010 g/mol. The van der Waals surface area contributed by atoms with Gasteiger partial charge in [0, 0.05) is 41.0 Å². The van der Waals surface area contributed by atoms with Crippen molar-refractivity contribution in [3.63, 3.8) is 0 Å². The molecule has 0 fully saturated rings. The Balaban J connectivity index is 0.000000321. The van der Waals surface area contributed by atoms with Crippen molar-refractivity contribution in [1.29, 1.82) is 0 Å². The van der Waals surface area contributed by atoms with Crippen LogP contribution in [0.4, 0.5) is 25.2 Å². The molecule has 382 valence electrons. The Morgan fingerprint density at radius 3 is 1.03 bits per heavy atom. The van der Waals surface area contributed by atoms with Crippen LogP contribution in [0.3, 0.4) is 0 Å². The first-order valence-electron chi connectivity index (χ1n) is 23.1. The summed E-state index contributed by atoms with van der Waals surface area (Å²) >= 11 is 6.17. The number of nitrogens with zero attached hydrogens (tertiary/aromatic N) is 6. The van der Waals surface area contributed by atoms with Crippen LogP contribution < -0.4 is 5.32 Å². The maximum atomic E-state index is 9.87. The molecule has 9 nitrogen and oxygen atoms in total. The molecule has 0 spiro atoms. The molecular formula is C52H73ClF6N7O2P. The molecule has 69 heavy (non-hydrogen) atoms. The molecule has 0 atom stereocenters. The third kappa shape index (κ3) is 26.4. The van der Waals surface area contributed by atoms with E-state index >= 15 is 0 Å². The van der Waals surface area contributed by atoms with Crippen molar-refractivity contribution in [1.82, 2.24) is 9.97 Å². The van der Waals surface area contributed by atoms with Gasteiger partial charge in [-0.05, 0) is 92.4 Å². The molecule has 2 N–H and O–H groups in total. The molecule has 4 bridgehead atoms. The van der Waals surface area contributed by atoms with Gasteiger partial charge in [-0.3, -0.25) is 20.0 Å². The van der Waals surface area contributed by atoms with Crippen molar-refractivity contribution < 1.29 is 40.0 Å². The fourth-order valence-corrected chi connectivity index (χ4v) is 6.57. The molecule has 3 heterocycles. The molecular weight excluding hydrogens is 935 g/mol. The summed E-state index contributed by atoms with van der Waals surface area (Å²) in [6.07, 6.45) is 6.85. The van der Waals surface area contributed by atoms with Crippen LogP contribution in [-0.4, -0.2) is 87.4 Å². The van der Waals surface area contributed by atoms with Crippen molar-refractivity contribution in [3.05, 3.63) is 128 Å². The number of hydrogen-bond donors (Lipinski definition) is 1. The van der Waals surface area contributed by atoms with Crippen LogP contribution in [0.15, 0.2) is 86.7 Å². The van der Waals surface area contributed by atoms with Crippen LogP contribution in [0.1, 0.15) is 139 Å². The van der Waals surface area contributed by atoms with E-state index in [0.29, 0.717) is 69.0 Å². The van der Waals surface area contributed by atoms with Gasteiger partial charge < -0.3 is 14.8 Å². The van der Waals surface area contributed by atoms with Crippen molar-refractivity contribution in [2.75, 3.05) is 52.6 Å². The Morgan fingerprint density at radius 1 is 0.464 bits per heavy atom. The van der Waals surface area contributed by atoms with Gasteiger partial charge in [0.2, 0.25) is 0 Å². The van der Waals surface area contributed by atoms with E-state index in [1.54, 1.807) is 37.0 Å². The van der Waals surface area contributed by atoms with Crippen LogP contribution >= 0.6 is 19.4 Å². The van der Waals surface area contributed by atoms with Gasteiger partial charge in [0.05, 0.1) is 75.4 Å². The predicted molar refractivity (Wildman–Crippen MR) is 276 cm³/mol. The van der Waals surface area contributed by atoms with E-state index in [4.69, 9.17) is 21.1 Å². The number of aromatic nitrogens is 2. The zero-order valence-corrected chi connectivity index (χ0v) is 44.1. The normalized spacial score (nSPS) is 15.9. The number of hydrogen-bond acceptors (Lipinski definition) is 8. The number of benzene rings is 2. The first kappa shape index (κ1) is 58.9. The number of fused-ring (bicyclic) bond motifs is 4. The molecule has 1 aliphatic heterocycles. The second-order valence-corrected chi connectivity index (χ2v) is 23.3. The van der Waals surface area contributed by atoms with Crippen LogP contribution in [0.2, 0.25) is 5.02 Å². The number of rotatable bonds is 4. The van der Waals surface area contributed by atoms with E-state index in [9.17, 15) is 25.2 Å². The molecule has 0 radical (unpaired) electrons. The Labute approximate surface area is 411 Å². The molecule has 2 aromatic heterocycles. The Bertz CT molecular complexity index is 2180. The second kappa shape index (κ2) is 24.1. The van der Waals surface area contributed by atoms with Crippen molar-refractivity contribution in [2.45, 2.75) is 118 Å². The number of aliphatic imine (C=N–C) groups is 4. The van der Waals surface area contributed by atoms with Crippen LogP contribution in [0.25, 0.3) is 0 Å². The zero-order chi connectivity index (χ0) is 51.8. The van der Waals surface area contributed by atoms with Crippen molar-refractivity contribution in [2.24, 2.45) is 20.0 Å². The van der Waals surface area contributed by atoms with Crippen molar-refractivity contribution >= 4 is 44.3 Å². The van der Waals surface area contributed by atoms with Crippen LogP contribution in [0, 0.1) is 0 Å². The van der Waals surface area contributed by atoms with Gasteiger partial charge in [-0.1, -0.05) is 113 Å². The van der Waals surface area contributed by atoms with Gasteiger partial charge in [0.1, 0.15) is 13.1 Å². The first-order chi connectivity index (χ1) is 31.6. The van der Waals surface area contributed by atoms with Crippen LogP contribution in [0.5, 0.6) is 0 Å². The molecule has 17 heteroatoms. The number of quaternary nitrogens is 1. The summed E-state index contributed by atoms with van der Waals surface area (Å²) in [7, 11) is -10.7. The number of nitrogens with two attached hydrogens (primary N) is 1. The summed E-state index contributed by atoms with van der Waals surface area (Å²) in [4.78, 5) is 26.3. The number of halogens is 7. The SMILES string of the molecule is CC(C)(C)c1cc(C[NH2+]Cc2cc(C(C)(C)C)cc(C(C)(C)C)c2)cc(C(C)(C)C)c1.Clc1cc2nc(c1)C=NCCOCCN=Cc1cccc(n1)C=NCCOCCN=C2.F[P-](F)(F)(F)(F)F. The molecule has 0 saturated heterocycles. The minimum atomic E-state index is -10.7. The molecule has 0 amide bonds. The molecule has 5 rings (SSSR count). The average molecular weight is 1010 g/mol. The summed E-state index contributed by atoms with van der Waals surface area (Å²) in [5.41, 5.74) is 12.2. The molecule has 1 aliphatic rings. The summed E-state index contributed by atoms with van der Waals surface area (Å²) in [6.45, 7) is 34.0. The van der Waals surface area contributed by atoms with Gasteiger partial charge in [-0.15, -0.1) is 0 Å². The molecule has 0 aliphatic carbocycles. The third-order valence-electron chi connectivity index (χ3n) is 10.2. The fraction of sp³-hybridized carbons (Fsp3) is 0.500. The predicted octanol–water partition coefficient (Wildman–Crippen LogP) is 13.1. The molecule has 0 saturated carbocycles. The minimum absolute atomic E-state index is 0.165. The topological polar surface area (TPSA) is 110 Å². The van der Waals surface area contributed by atoms with Gasteiger partial charge in [0.15, 0.2) is 0 Å². The van der Waals surface area contributed by atoms with Crippen molar-refractivity contribution in [3.8, 4) is 0 Å². The van der Waals surface area contributed by atoms with Gasteiger partial charge in [-0.2, -0.15) is 0 Å². The summed E-state index contributed by atoms with van der Waals surface area (Å²) in [6, 6.07) is 23.7. The summed E-state index contributed by atoms with van der Waals surface area (Å²) in [5.74, 6) is 0. The third-order valence-corrected chi connectivity index (χ3v) is 10.4. The van der Waals surface area contributed by atoms with E-state index in [-0.39, 0.29) is 21.7 Å². The van der Waals surface area contributed by atoms with E-state index in [1.807, 2.05) is 18.2 Å². The Kier molecular flexibility index (Phi) is 20.6. The van der Waals surface area contributed by atoms with E-state index in [1.165, 1.54) is 33.4 Å². The fourth-order valence-electron chi connectivity index (χ4n) is 6.35. The Hall–Kier alpha value is -4.40. The van der Waals surface area contributed by atoms with Gasteiger partial charge in [0.25, 0.3) is 0 Å². The zero-order valence-electron chi connectivity index (χ0n) is 42.4. The maximum absolute atomic E-state index is 10.7. The van der Waals surface area contributed by atoms with E-state index in [0.717, 1.165) is 24.5 Å². The van der Waals surface area contributed by atoms with E-state index < -0.39 is 7.81 Å². The summed E-state index contributed by atoms with van der Waals surface area (Å²) < 4.78 is 70.3. The van der Waals surface area contributed by atoms with Gasteiger partial charge in [-0.25, -0.2) is 9.97 Å². The Morgan fingerprint density at radius 2 is 0.739 bits per heavy atom. The quantitative estimate of drug-likeness (QED) is 0.162. The van der Waals surface area contributed by atoms with E-state index in [2.05, 4.69) is 155 Å². The number of ether oxygens (including phenoxy) is 2. The molecule has 2 aromatic carbocycles. The van der Waals surface area contributed by atoms with Gasteiger partial charge >= 0.3 is 33.0 Å².